The second kappa shape index (κ2) is 5.25. The molecule has 102 valence electrons. The number of ether oxygens (including phenoxy) is 1. The molecule has 3 heteroatoms. The molecule has 0 aromatic heterocycles. The van der Waals surface area contributed by atoms with Crippen molar-refractivity contribution in [1.29, 1.82) is 0 Å². The molecule has 1 aliphatic rings. The largest absolute Gasteiger partial charge is 0.368 e. The minimum atomic E-state index is -0.0872. The summed E-state index contributed by atoms with van der Waals surface area (Å²) in [5.41, 5.74) is -0.143. The van der Waals surface area contributed by atoms with Crippen LogP contribution >= 0.6 is 0 Å². The lowest BCUT2D eigenvalue weighted by Gasteiger charge is -2.33. The van der Waals surface area contributed by atoms with Gasteiger partial charge in [-0.15, -0.1) is 0 Å². The first-order chi connectivity index (χ1) is 7.78. The van der Waals surface area contributed by atoms with Crippen molar-refractivity contribution in [3.05, 3.63) is 0 Å². The summed E-state index contributed by atoms with van der Waals surface area (Å²) in [4.78, 5) is 2.49. The quantitative estimate of drug-likeness (QED) is 0.799. The fourth-order valence-electron chi connectivity index (χ4n) is 3.34. The topological polar surface area (TPSA) is 24.5 Å². The molecule has 2 atom stereocenters. The third kappa shape index (κ3) is 3.01. The molecule has 0 aromatic carbocycles. The summed E-state index contributed by atoms with van der Waals surface area (Å²) in [6, 6.07) is 0.415. The molecule has 0 aliphatic carbocycles. The number of likely N-dealkylation sites (N-methyl/N-ethyl adjacent to an activating group) is 1. The van der Waals surface area contributed by atoms with E-state index in [2.05, 4.69) is 51.8 Å². The number of nitrogens with zero attached hydrogens (tertiary/aromatic N) is 1. The van der Waals surface area contributed by atoms with Gasteiger partial charge in [0.2, 0.25) is 0 Å². The molecule has 3 nitrogen and oxygen atoms in total. The van der Waals surface area contributed by atoms with Crippen LogP contribution < -0.4 is 5.32 Å². The molecule has 2 unspecified atom stereocenters. The molecule has 0 bridgehead atoms. The summed E-state index contributed by atoms with van der Waals surface area (Å²) in [7, 11) is 2.05. The van der Waals surface area contributed by atoms with Crippen LogP contribution in [0.3, 0.4) is 0 Å². The van der Waals surface area contributed by atoms with Crippen LogP contribution in [0.4, 0.5) is 0 Å². The molecule has 1 fully saturated rings. The number of nitrogens with one attached hydrogen (secondary N) is 1. The Morgan fingerprint density at radius 1 is 1.06 bits per heavy atom. The van der Waals surface area contributed by atoms with Crippen molar-refractivity contribution in [3.8, 4) is 0 Å². The van der Waals surface area contributed by atoms with Crippen LogP contribution in [0.5, 0.6) is 0 Å². The van der Waals surface area contributed by atoms with E-state index in [0.717, 1.165) is 19.6 Å². The van der Waals surface area contributed by atoms with Crippen LogP contribution in [0.25, 0.3) is 0 Å². The lowest BCUT2D eigenvalue weighted by Crippen LogP contribution is -2.49. The Morgan fingerprint density at radius 3 is 2.00 bits per heavy atom. The maximum Gasteiger partial charge on any atom is 0.0790 e. The summed E-state index contributed by atoms with van der Waals surface area (Å²) >= 11 is 0. The van der Waals surface area contributed by atoms with Crippen molar-refractivity contribution in [2.24, 2.45) is 5.92 Å². The molecule has 1 rings (SSSR count). The van der Waals surface area contributed by atoms with Crippen LogP contribution in [0.1, 0.15) is 41.5 Å². The number of hydrogen-bond acceptors (Lipinski definition) is 3. The van der Waals surface area contributed by atoms with E-state index >= 15 is 0 Å². The van der Waals surface area contributed by atoms with Crippen LogP contribution in [-0.2, 0) is 4.74 Å². The fourth-order valence-corrected chi connectivity index (χ4v) is 3.34. The average molecular weight is 242 g/mol. The lowest BCUT2D eigenvalue weighted by atomic mass is 9.82. The zero-order chi connectivity index (χ0) is 13.3. The van der Waals surface area contributed by atoms with Gasteiger partial charge in [-0.3, -0.25) is 0 Å². The predicted octanol–water partition coefficient (Wildman–Crippen LogP) is 2.12. The molecule has 0 spiro atoms. The SMILES string of the molecule is CCN(CC)CC1C(NC)C(C)(C)OC1(C)C. The van der Waals surface area contributed by atoms with Gasteiger partial charge >= 0.3 is 0 Å². The minimum absolute atomic E-state index is 0.0558. The Morgan fingerprint density at radius 2 is 1.59 bits per heavy atom. The Labute approximate surface area is 107 Å². The summed E-state index contributed by atoms with van der Waals surface area (Å²) < 4.78 is 6.25. The molecule has 0 saturated carbocycles. The molecule has 0 amide bonds. The summed E-state index contributed by atoms with van der Waals surface area (Å²) in [6.07, 6.45) is 0. The van der Waals surface area contributed by atoms with Gasteiger partial charge in [-0.2, -0.15) is 0 Å². The van der Waals surface area contributed by atoms with Gasteiger partial charge in [-0.1, -0.05) is 13.8 Å². The Balaban J connectivity index is 2.86. The molecule has 0 radical (unpaired) electrons. The molecule has 1 saturated heterocycles. The average Bonchev–Trinajstić information content (AvgIpc) is 2.39. The summed E-state index contributed by atoms with van der Waals surface area (Å²) in [6.45, 7) is 16.6. The number of rotatable bonds is 5. The molecule has 0 aromatic rings. The minimum Gasteiger partial charge on any atom is -0.368 e. The van der Waals surface area contributed by atoms with E-state index in [0.29, 0.717) is 12.0 Å². The van der Waals surface area contributed by atoms with E-state index in [-0.39, 0.29) is 11.2 Å². The lowest BCUT2D eigenvalue weighted by molar-refractivity contribution is -0.0792. The Kier molecular flexibility index (Phi) is 4.61. The predicted molar refractivity (Wildman–Crippen MR) is 73.4 cm³/mol. The second-order valence-electron chi connectivity index (χ2n) is 6.17. The smallest absolute Gasteiger partial charge is 0.0790 e. The van der Waals surface area contributed by atoms with Gasteiger partial charge in [0.15, 0.2) is 0 Å². The highest BCUT2D eigenvalue weighted by Gasteiger charge is 2.53. The summed E-state index contributed by atoms with van der Waals surface area (Å²) in [5.74, 6) is 0.530. The maximum atomic E-state index is 6.25. The molecule has 1 N–H and O–H groups in total. The summed E-state index contributed by atoms with van der Waals surface area (Å²) in [5, 5.41) is 3.46. The maximum absolute atomic E-state index is 6.25. The van der Waals surface area contributed by atoms with Gasteiger partial charge in [0, 0.05) is 18.5 Å². The van der Waals surface area contributed by atoms with Crippen molar-refractivity contribution in [2.45, 2.75) is 58.8 Å². The first-order valence-electron chi connectivity index (χ1n) is 6.88. The fraction of sp³-hybridized carbons (Fsp3) is 1.00. The molecule has 17 heavy (non-hydrogen) atoms. The van der Waals surface area contributed by atoms with E-state index in [1.165, 1.54) is 0 Å². The van der Waals surface area contributed by atoms with E-state index in [9.17, 15) is 0 Å². The van der Waals surface area contributed by atoms with E-state index in [1.54, 1.807) is 0 Å². The Bertz CT molecular complexity index is 247. The van der Waals surface area contributed by atoms with Crippen molar-refractivity contribution >= 4 is 0 Å². The molecule has 1 heterocycles. The zero-order valence-electron chi connectivity index (χ0n) is 12.6. The van der Waals surface area contributed by atoms with Crippen molar-refractivity contribution < 1.29 is 4.74 Å². The first kappa shape index (κ1) is 14.9. The van der Waals surface area contributed by atoms with Crippen LogP contribution in [-0.4, -0.2) is 48.8 Å². The third-order valence-corrected chi connectivity index (χ3v) is 4.23. The number of hydrogen-bond donors (Lipinski definition) is 1. The van der Waals surface area contributed by atoms with Crippen molar-refractivity contribution in [2.75, 3.05) is 26.7 Å². The van der Waals surface area contributed by atoms with Crippen LogP contribution in [0.2, 0.25) is 0 Å². The first-order valence-corrected chi connectivity index (χ1v) is 6.88. The van der Waals surface area contributed by atoms with Gasteiger partial charge in [0.1, 0.15) is 0 Å². The highest BCUT2D eigenvalue weighted by molar-refractivity contribution is 5.05. The van der Waals surface area contributed by atoms with Gasteiger partial charge < -0.3 is 15.0 Å². The van der Waals surface area contributed by atoms with Gasteiger partial charge in [0.05, 0.1) is 11.2 Å². The molecule has 1 aliphatic heterocycles. The van der Waals surface area contributed by atoms with E-state index < -0.39 is 0 Å². The second-order valence-corrected chi connectivity index (χ2v) is 6.17. The normalized spacial score (nSPS) is 31.1. The van der Waals surface area contributed by atoms with Crippen LogP contribution in [0, 0.1) is 5.92 Å². The van der Waals surface area contributed by atoms with Crippen molar-refractivity contribution in [1.82, 2.24) is 10.2 Å². The van der Waals surface area contributed by atoms with Gasteiger partial charge in [-0.05, 0) is 47.8 Å². The van der Waals surface area contributed by atoms with Gasteiger partial charge in [-0.25, -0.2) is 0 Å². The van der Waals surface area contributed by atoms with E-state index in [4.69, 9.17) is 4.74 Å². The molecular formula is C14H30N2O. The zero-order valence-corrected chi connectivity index (χ0v) is 12.6. The third-order valence-electron chi connectivity index (χ3n) is 4.23. The standard InChI is InChI=1S/C14H30N2O/c1-8-16(9-2)10-11-12(15-7)14(5,6)17-13(11,3)4/h11-12,15H,8-10H2,1-7H3. The van der Waals surface area contributed by atoms with Crippen LogP contribution in [0.15, 0.2) is 0 Å². The highest BCUT2D eigenvalue weighted by Crippen LogP contribution is 2.42. The van der Waals surface area contributed by atoms with E-state index in [1.807, 2.05) is 7.05 Å². The monoisotopic (exact) mass is 242 g/mol. The Hall–Kier alpha value is -0.120. The van der Waals surface area contributed by atoms with Gasteiger partial charge in [0.25, 0.3) is 0 Å². The van der Waals surface area contributed by atoms with Crippen molar-refractivity contribution in [3.63, 3.8) is 0 Å². The molecular weight excluding hydrogens is 212 g/mol. The highest BCUT2D eigenvalue weighted by atomic mass is 16.5.